The van der Waals surface area contributed by atoms with Crippen LogP contribution in [0.4, 0.5) is 13.2 Å². The first-order chi connectivity index (χ1) is 8.00. The number of nitrogens with one attached hydrogen (secondary N) is 1. The van der Waals surface area contributed by atoms with E-state index in [0.717, 1.165) is 31.9 Å². The summed E-state index contributed by atoms with van der Waals surface area (Å²) in [5.41, 5.74) is -0.190. The van der Waals surface area contributed by atoms with Crippen molar-refractivity contribution >= 4 is 11.6 Å². The third-order valence-corrected chi connectivity index (χ3v) is 3.44. The molecule has 1 aromatic rings. The second kappa shape index (κ2) is 4.86. The SMILES string of the molecule is FC(F)(F)c1cccc([C@H]2CCCCN2)c1Cl. The number of hydrogen-bond acceptors (Lipinski definition) is 1. The van der Waals surface area contributed by atoms with Gasteiger partial charge in [-0.3, -0.25) is 0 Å². The zero-order valence-electron chi connectivity index (χ0n) is 9.15. The molecule has 1 fully saturated rings. The molecule has 0 radical (unpaired) electrons. The Hall–Kier alpha value is -0.740. The molecule has 94 valence electrons. The predicted octanol–water partition coefficient (Wildman–Crippen LogP) is 4.17. The highest BCUT2D eigenvalue weighted by Gasteiger charge is 2.34. The molecule has 1 saturated heterocycles. The molecular weight excluding hydrogens is 251 g/mol. The topological polar surface area (TPSA) is 12.0 Å². The van der Waals surface area contributed by atoms with Crippen molar-refractivity contribution in [2.75, 3.05) is 6.54 Å². The van der Waals surface area contributed by atoms with Crippen LogP contribution in [-0.2, 0) is 6.18 Å². The Kier molecular flexibility index (Phi) is 3.64. The van der Waals surface area contributed by atoms with E-state index in [4.69, 9.17) is 11.6 Å². The van der Waals surface area contributed by atoms with Crippen LogP contribution < -0.4 is 5.32 Å². The molecular formula is C12H13ClF3N. The Morgan fingerprint density at radius 2 is 2.00 bits per heavy atom. The molecule has 0 saturated carbocycles. The highest BCUT2D eigenvalue weighted by Crippen LogP contribution is 2.39. The minimum atomic E-state index is -4.39. The van der Waals surface area contributed by atoms with E-state index in [9.17, 15) is 13.2 Å². The highest BCUT2D eigenvalue weighted by atomic mass is 35.5. The summed E-state index contributed by atoms with van der Waals surface area (Å²) in [7, 11) is 0. The lowest BCUT2D eigenvalue weighted by Gasteiger charge is -2.25. The lowest BCUT2D eigenvalue weighted by molar-refractivity contribution is -0.137. The lowest BCUT2D eigenvalue weighted by Crippen LogP contribution is -2.27. The van der Waals surface area contributed by atoms with Crippen molar-refractivity contribution in [2.45, 2.75) is 31.5 Å². The molecule has 1 aromatic carbocycles. The molecule has 0 aliphatic carbocycles. The minimum Gasteiger partial charge on any atom is -0.310 e. The Morgan fingerprint density at radius 3 is 2.59 bits per heavy atom. The van der Waals surface area contributed by atoms with Gasteiger partial charge < -0.3 is 5.32 Å². The standard InChI is InChI=1S/C12H13ClF3N/c13-11-8(10-6-1-2-7-17-10)4-3-5-9(11)12(14,15)16/h3-5,10,17H,1-2,6-7H2/t10-/m1/s1. The monoisotopic (exact) mass is 263 g/mol. The second-order valence-electron chi connectivity index (χ2n) is 4.21. The maximum atomic E-state index is 12.7. The van der Waals surface area contributed by atoms with Gasteiger partial charge in [0, 0.05) is 6.04 Å². The van der Waals surface area contributed by atoms with E-state index in [-0.39, 0.29) is 11.1 Å². The van der Waals surface area contributed by atoms with Gasteiger partial charge in [0.25, 0.3) is 0 Å². The molecule has 1 heterocycles. The van der Waals surface area contributed by atoms with Crippen LogP contribution in [0, 0.1) is 0 Å². The summed E-state index contributed by atoms with van der Waals surface area (Å²) >= 11 is 5.87. The molecule has 2 rings (SSSR count). The van der Waals surface area contributed by atoms with Crippen molar-refractivity contribution in [3.8, 4) is 0 Å². The van der Waals surface area contributed by atoms with Gasteiger partial charge in [-0.2, -0.15) is 13.2 Å². The van der Waals surface area contributed by atoms with Gasteiger partial charge in [0.1, 0.15) is 0 Å². The molecule has 17 heavy (non-hydrogen) atoms. The number of rotatable bonds is 1. The quantitative estimate of drug-likeness (QED) is 0.802. The minimum absolute atomic E-state index is 0.0569. The van der Waals surface area contributed by atoms with Crippen LogP contribution in [0.1, 0.15) is 36.4 Å². The normalized spacial score (nSPS) is 21.5. The molecule has 1 nitrogen and oxygen atoms in total. The van der Waals surface area contributed by atoms with Crippen LogP contribution in [0.2, 0.25) is 5.02 Å². The Labute approximate surface area is 103 Å². The molecule has 1 aliphatic heterocycles. The number of halogens is 4. The number of benzene rings is 1. The van der Waals surface area contributed by atoms with Gasteiger partial charge in [-0.05, 0) is 31.0 Å². The zero-order valence-corrected chi connectivity index (χ0v) is 9.91. The second-order valence-corrected chi connectivity index (χ2v) is 4.59. The molecule has 5 heteroatoms. The first-order valence-electron chi connectivity index (χ1n) is 5.59. The van der Waals surface area contributed by atoms with Crippen molar-refractivity contribution in [1.82, 2.24) is 5.32 Å². The van der Waals surface area contributed by atoms with E-state index in [1.54, 1.807) is 6.07 Å². The van der Waals surface area contributed by atoms with Gasteiger partial charge in [-0.25, -0.2) is 0 Å². The Balaban J connectivity index is 2.35. The van der Waals surface area contributed by atoms with E-state index in [0.29, 0.717) is 5.56 Å². The fraction of sp³-hybridized carbons (Fsp3) is 0.500. The van der Waals surface area contributed by atoms with Crippen LogP contribution in [0.5, 0.6) is 0 Å². The third-order valence-electron chi connectivity index (χ3n) is 3.02. The van der Waals surface area contributed by atoms with Crippen LogP contribution >= 0.6 is 11.6 Å². The number of alkyl halides is 3. The van der Waals surface area contributed by atoms with Crippen molar-refractivity contribution in [3.63, 3.8) is 0 Å². The summed E-state index contributed by atoms with van der Waals surface area (Å²) in [6, 6.07) is 4.05. The summed E-state index contributed by atoms with van der Waals surface area (Å²) in [6.07, 6.45) is -1.47. The summed E-state index contributed by atoms with van der Waals surface area (Å²) in [6.45, 7) is 0.831. The van der Waals surface area contributed by atoms with Gasteiger partial charge in [0.05, 0.1) is 10.6 Å². The van der Waals surface area contributed by atoms with Crippen LogP contribution in [0.15, 0.2) is 18.2 Å². The maximum Gasteiger partial charge on any atom is 0.417 e. The molecule has 1 aliphatic rings. The van der Waals surface area contributed by atoms with E-state index in [1.807, 2.05) is 0 Å². The highest BCUT2D eigenvalue weighted by molar-refractivity contribution is 6.32. The molecule has 0 aromatic heterocycles. The Bertz CT molecular complexity index is 397. The summed E-state index contributed by atoms with van der Waals surface area (Å²) in [5, 5.41) is 3.04. The summed E-state index contributed by atoms with van der Waals surface area (Å²) in [5.74, 6) is 0. The third kappa shape index (κ3) is 2.75. The largest absolute Gasteiger partial charge is 0.417 e. The molecule has 0 bridgehead atoms. The summed E-state index contributed by atoms with van der Waals surface area (Å²) < 4.78 is 38.1. The number of hydrogen-bond donors (Lipinski definition) is 1. The average Bonchev–Trinajstić information content (AvgIpc) is 2.29. The molecule has 0 spiro atoms. The first kappa shape index (κ1) is 12.7. The van der Waals surface area contributed by atoms with Gasteiger partial charge in [0.2, 0.25) is 0 Å². The van der Waals surface area contributed by atoms with E-state index in [2.05, 4.69) is 5.32 Å². The summed E-state index contributed by atoms with van der Waals surface area (Å²) in [4.78, 5) is 0. The molecule has 1 N–H and O–H groups in total. The zero-order chi connectivity index (χ0) is 12.5. The van der Waals surface area contributed by atoms with Gasteiger partial charge >= 0.3 is 6.18 Å². The van der Waals surface area contributed by atoms with E-state index in [1.165, 1.54) is 6.07 Å². The Morgan fingerprint density at radius 1 is 1.24 bits per heavy atom. The van der Waals surface area contributed by atoms with Crippen molar-refractivity contribution < 1.29 is 13.2 Å². The fourth-order valence-corrected chi connectivity index (χ4v) is 2.52. The first-order valence-corrected chi connectivity index (χ1v) is 5.97. The van der Waals surface area contributed by atoms with E-state index < -0.39 is 11.7 Å². The van der Waals surface area contributed by atoms with Gasteiger partial charge in [0.15, 0.2) is 0 Å². The van der Waals surface area contributed by atoms with Crippen LogP contribution in [0.25, 0.3) is 0 Å². The average molecular weight is 264 g/mol. The number of piperidine rings is 1. The van der Waals surface area contributed by atoms with Crippen LogP contribution in [0.3, 0.4) is 0 Å². The molecule has 0 unspecified atom stereocenters. The maximum absolute atomic E-state index is 12.7. The van der Waals surface area contributed by atoms with Crippen molar-refractivity contribution in [3.05, 3.63) is 34.3 Å². The van der Waals surface area contributed by atoms with Crippen molar-refractivity contribution in [2.24, 2.45) is 0 Å². The van der Waals surface area contributed by atoms with Gasteiger partial charge in [-0.15, -0.1) is 0 Å². The lowest BCUT2D eigenvalue weighted by atomic mass is 9.96. The predicted molar refractivity (Wildman–Crippen MR) is 61.0 cm³/mol. The van der Waals surface area contributed by atoms with Crippen molar-refractivity contribution in [1.29, 1.82) is 0 Å². The smallest absolute Gasteiger partial charge is 0.310 e. The van der Waals surface area contributed by atoms with Crippen LogP contribution in [-0.4, -0.2) is 6.54 Å². The molecule has 0 amide bonds. The van der Waals surface area contributed by atoms with Gasteiger partial charge in [-0.1, -0.05) is 30.2 Å². The van der Waals surface area contributed by atoms with E-state index >= 15 is 0 Å². The fourth-order valence-electron chi connectivity index (χ4n) is 2.16. The molecule has 1 atom stereocenters.